The van der Waals surface area contributed by atoms with E-state index in [0.29, 0.717) is 0 Å². The van der Waals surface area contributed by atoms with Gasteiger partial charge < -0.3 is 0 Å². The van der Waals surface area contributed by atoms with Crippen LogP contribution in [0.5, 0.6) is 5.75 Å². The lowest BCUT2D eigenvalue weighted by atomic mass is 9.12. The van der Waals surface area contributed by atoms with Gasteiger partial charge in [0.25, 0.3) is 0 Å². The number of aryl methyl sites for hydroxylation is 1. The van der Waals surface area contributed by atoms with Crippen molar-refractivity contribution in [3.05, 3.63) is 177 Å². The van der Waals surface area contributed by atoms with Crippen LogP contribution < -0.4 is 31.4 Å². The minimum atomic E-state index is -7.22. The van der Waals surface area contributed by atoms with Crippen molar-refractivity contribution in [2.24, 2.45) is 0 Å². The van der Waals surface area contributed by atoms with Crippen LogP contribution in [0, 0.1) is 123 Å². The van der Waals surface area contributed by atoms with Crippen molar-refractivity contribution in [1.29, 1.82) is 0 Å². The van der Waals surface area contributed by atoms with Crippen LogP contribution in [0.3, 0.4) is 0 Å². The van der Waals surface area contributed by atoms with Crippen molar-refractivity contribution in [1.82, 2.24) is 0 Å². The summed E-state index contributed by atoms with van der Waals surface area (Å²) in [6, 6.07) is 13.8. The van der Waals surface area contributed by atoms with Gasteiger partial charge in [0.15, 0.2) is 69.8 Å². The minimum Gasteiger partial charge on any atom is -0.232 e. The molecular formula is C36H12BF20NO. The average Bonchev–Trinajstić information content (AvgIpc) is 3.22. The molecule has 2 nitrogen and oxygen atoms in total. The van der Waals surface area contributed by atoms with Gasteiger partial charge in [-0.2, -0.15) is 0 Å². The second-order valence-electron chi connectivity index (χ2n) is 11.9. The van der Waals surface area contributed by atoms with Crippen LogP contribution in [0.2, 0.25) is 0 Å². The molecule has 23 heteroatoms. The lowest BCUT2D eigenvalue weighted by molar-refractivity contribution is -0.875. The highest BCUT2D eigenvalue weighted by Crippen LogP contribution is 2.30. The van der Waals surface area contributed by atoms with Gasteiger partial charge in [-0.15, -0.1) is 21.9 Å². The highest BCUT2D eigenvalue weighted by atomic mass is 19.2. The summed E-state index contributed by atoms with van der Waals surface area (Å²) in [7, 11) is 0. The zero-order chi connectivity index (χ0) is 44.2. The summed E-state index contributed by atoms with van der Waals surface area (Å²) in [5.74, 6) is -70.6. The molecule has 0 aliphatic heterocycles. The molecule has 310 valence electrons. The van der Waals surface area contributed by atoms with Gasteiger partial charge in [0.1, 0.15) is 52.7 Å². The summed E-state index contributed by atoms with van der Waals surface area (Å²) in [4.78, 5) is 5.55. The Hall–Kier alpha value is -6.29. The molecule has 0 bridgehead atoms. The van der Waals surface area contributed by atoms with Gasteiger partial charge in [-0.05, 0) is 19.1 Å². The number of halogens is 20. The minimum absolute atomic E-state index is 0.840. The van der Waals surface area contributed by atoms with E-state index in [9.17, 15) is 52.7 Å². The first-order valence-corrected chi connectivity index (χ1v) is 15.5. The van der Waals surface area contributed by atoms with Crippen LogP contribution in [0.25, 0.3) is 0 Å². The van der Waals surface area contributed by atoms with E-state index in [1.165, 1.54) is 5.56 Å². The van der Waals surface area contributed by atoms with Gasteiger partial charge in [0.2, 0.25) is 18.1 Å². The molecule has 0 aliphatic carbocycles. The molecule has 0 unspecified atom stereocenters. The number of pyridine rings is 1. The molecule has 0 spiro atoms. The number of benzene rings is 5. The lowest BCUT2D eigenvalue weighted by Crippen LogP contribution is -2.81. The third-order valence-electron chi connectivity index (χ3n) is 8.63. The van der Waals surface area contributed by atoms with Gasteiger partial charge in [-0.3, -0.25) is 0 Å². The number of hydrogen-bond donors (Lipinski definition) is 0. The fourth-order valence-electron chi connectivity index (χ4n) is 6.04. The summed E-state index contributed by atoms with van der Waals surface area (Å²) in [6.45, 7) is 2.06. The Bertz CT molecular complexity index is 2260. The molecule has 0 saturated heterocycles. The third kappa shape index (κ3) is 6.94. The van der Waals surface area contributed by atoms with Crippen molar-refractivity contribution in [3.8, 4) is 5.75 Å². The van der Waals surface area contributed by atoms with Crippen molar-refractivity contribution < 1.29 is 97.4 Å². The molecule has 0 saturated carbocycles. The Balaban J connectivity index is 0.000000395. The lowest BCUT2D eigenvalue weighted by Gasteiger charge is -2.44. The van der Waals surface area contributed by atoms with E-state index in [1.807, 2.05) is 54.9 Å². The first-order chi connectivity index (χ1) is 27.5. The van der Waals surface area contributed by atoms with E-state index < -0.39 is 144 Å². The highest BCUT2D eigenvalue weighted by molar-refractivity contribution is 7.20. The Kier molecular flexibility index (Phi) is 12.0. The Morgan fingerprint density at radius 2 is 0.542 bits per heavy atom. The van der Waals surface area contributed by atoms with Crippen molar-refractivity contribution >= 4 is 28.0 Å². The number of aromatic nitrogens is 1. The predicted octanol–water partition coefficient (Wildman–Crippen LogP) is 7.97. The van der Waals surface area contributed by atoms with Crippen molar-refractivity contribution in [2.75, 3.05) is 0 Å². The van der Waals surface area contributed by atoms with Crippen LogP contribution in [-0.2, 0) is 0 Å². The quantitative estimate of drug-likeness (QED) is 0.0545. The zero-order valence-corrected chi connectivity index (χ0v) is 28.2. The Morgan fingerprint density at radius 1 is 0.322 bits per heavy atom. The molecule has 0 aliphatic rings. The maximum absolute atomic E-state index is 15.4. The average molecular weight is 865 g/mol. The number of rotatable bonds is 6. The molecule has 6 aromatic rings. The molecule has 0 fully saturated rings. The van der Waals surface area contributed by atoms with E-state index in [2.05, 4.69) is 6.92 Å². The first kappa shape index (κ1) is 43.8. The topological polar surface area (TPSA) is 13.1 Å². The van der Waals surface area contributed by atoms with Crippen LogP contribution in [0.1, 0.15) is 5.56 Å². The molecule has 1 aromatic heterocycles. The maximum Gasteiger partial charge on any atom is 0.223 e. The molecule has 0 radical (unpaired) electrons. The standard InChI is InChI=1S/C24BF20.C12H12NO/c26-5-1(6(27)14(35)21(42)13(5)34)25(2-7(28)15(36)22(43)16(37)8(2)29,3-9(30)17(38)23(44)18(39)10(3)31)4-11(32)19(40)24(45)20(41)12(4)33;1-11-5-7-12(8-6-11)14-13-9-3-2-4-10-13/h;2-10H,1H3/q-1;+1. The summed E-state index contributed by atoms with van der Waals surface area (Å²) in [5.41, 5.74) is -13.1. The molecule has 0 amide bonds. The fourth-order valence-corrected chi connectivity index (χ4v) is 6.04. The van der Waals surface area contributed by atoms with Crippen LogP contribution in [0.15, 0.2) is 54.9 Å². The monoisotopic (exact) mass is 865 g/mol. The van der Waals surface area contributed by atoms with E-state index >= 15 is 35.1 Å². The summed E-state index contributed by atoms with van der Waals surface area (Å²) >= 11 is 0. The normalized spacial score (nSPS) is 11.5. The Labute approximate surface area is 315 Å². The largest absolute Gasteiger partial charge is 0.232 e. The van der Waals surface area contributed by atoms with E-state index in [4.69, 9.17) is 4.84 Å². The zero-order valence-electron chi connectivity index (χ0n) is 28.2. The molecule has 0 N–H and O–H groups in total. The van der Waals surface area contributed by atoms with E-state index in [-0.39, 0.29) is 0 Å². The number of hydrogen-bond acceptors (Lipinski definition) is 1. The predicted molar refractivity (Wildman–Crippen MR) is 163 cm³/mol. The second kappa shape index (κ2) is 16.2. The molecule has 1 heterocycles. The van der Waals surface area contributed by atoms with Crippen molar-refractivity contribution in [3.63, 3.8) is 0 Å². The van der Waals surface area contributed by atoms with Crippen LogP contribution in [0.4, 0.5) is 87.8 Å². The number of nitrogens with zero attached hydrogens (tertiary/aromatic N) is 1. The maximum atomic E-state index is 15.4. The molecule has 0 atom stereocenters. The highest BCUT2D eigenvalue weighted by Gasteiger charge is 2.52. The van der Waals surface area contributed by atoms with Gasteiger partial charge in [0.05, 0.1) is 0 Å². The van der Waals surface area contributed by atoms with Gasteiger partial charge >= 0.3 is 0 Å². The van der Waals surface area contributed by atoms with E-state index in [1.54, 1.807) is 4.73 Å². The second-order valence-corrected chi connectivity index (χ2v) is 11.9. The SMILES string of the molecule is Cc1ccc(O[n+]2ccccc2)cc1.Fc1c(F)c(F)c([B-](c2c(F)c(F)c(F)c(F)c2F)(c2c(F)c(F)c(F)c(F)c2F)c2c(F)c(F)c(F)c(F)c2F)c(F)c1F. The summed E-state index contributed by atoms with van der Waals surface area (Å²) < 4.78 is 296. The van der Waals surface area contributed by atoms with Crippen LogP contribution in [-0.4, -0.2) is 6.15 Å². The van der Waals surface area contributed by atoms with Gasteiger partial charge in [0, 0.05) is 16.9 Å². The third-order valence-corrected chi connectivity index (χ3v) is 8.63. The van der Waals surface area contributed by atoms with Gasteiger partial charge in [-0.1, -0.05) is 23.8 Å². The molecular weight excluding hydrogens is 853 g/mol. The van der Waals surface area contributed by atoms with Crippen molar-refractivity contribution in [2.45, 2.75) is 6.92 Å². The molecule has 6 rings (SSSR count). The van der Waals surface area contributed by atoms with Gasteiger partial charge in [-0.25, -0.2) is 92.6 Å². The molecule has 59 heavy (non-hydrogen) atoms. The molecule has 5 aromatic carbocycles. The fraction of sp³-hybridized carbons (Fsp3) is 0.0278. The summed E-state index contributed by atoms with van der Waals surface area (Å²) in [6.07, 6.45) is -3.50. The summed E-state index contributed by atoms with van der Waals surface area (Å²) in [5, 5.41) is 0. The van der Waals surface area contributed by atoms with E-state index in [0.717, 1.165) is 5.75 Å². The smallest absolute Gasteiger partial charge is 0.223 e. The van der Waals surface area contributed by atoms with Crippen LogP contribution >= 0.6 is 0 Å². The first-order valence-electron chi connectivity index (χ1n) is 15.5. The Morgan fingerprint density at radius 3 is 0.780 bits per heavy atom.